The summed E-state index contributed by atoms with van der Waals surface area (Å²) in [5, 5.41) is 9.11. The maximum Gasteiger partial charge on any atom is 0.271 e. The van der Waals surface area contributed by atoms with E-state index < -0.39 is 16.7 Å². The van der Waals surface area contributed by atoms with Crippen molar-refractivity contribution in [1.82, 2.24) is 20.4 Å². The fraction of sp³-hybridized carbons (Fsp3) is 0.552. The number of nitrogens with two attached hydrogens (primary N) is 1. The molecule has 2 fully saturated rings. The molecule has 2 saturated heterocycles. The van der Waals surface area contributed by atoms with Gasteiger partial charge in [0.2, 0.25) is 5.91 Å². The van der Waals surface area contributed by atoms with Gasteiger partial charge in [-0.3, -0.25) is 14.4 Å². The third-order valence-electron chi connectivity index (χ3n) is 7.42. The molecule has 0 aliphatic carbocycles. The number of likely N-dealkylation sites (tertiary alicyclic amines) is 1. The Morgan fingerprint density at radius 3 is 2.56 bits per heavy atom. The predicted molar refractivity (Wildman–Crippen MR) is 158 cm³/mol. The van der Waals surface area contributed by atoms with Crippen molar-refractivity contribution in [2.75, 3.05) is 44.6 Å². The van der Waals surface area contributed by atoms with Crippen molar-refractivity contribution >= 4 is 35.2 Å². The van der Waals surface area contributed by atoms with Crippen LogP contribution in [0.2, 0.25) is 0 Å². The van der Waals surface area contributed by atoms with Gasteiger partial charge >= 0.3 is 0 Å². The van der Waals surface area contributed by atoms with Crippen LogP contribution in [0.3, 0.4) is 0 Å². The first-order chi connectivity index (χ1) is 18.8. The van der Waals surface area contributed by atoms with E-state index in [1.165, 1.54) is 29.5 Å². The smallest absolute Gasteiger partial charge is 0.271 e. The number of anilines is 1. The molecule has 5 N–H and O–H groups in total. The number of carbonyl (C=O) groups excluding carboxylic acids is 3. The first-order valence-corrected chi connectivity index (χ1v) is 14.8. The van der Waals surface area contributed by atoms with Gasteiger partial charge in [0.25, 0.3) is 11.8 Å². The summed E-state index contributed by atoms with van der Waals surface area (Å²) >= 11 is 1.26. The number of rotatable bonds is 13. The number of nitrogens with zero attached hydrogens (tertiary/aromatic N) is 2. The van der Waals surface area contributed by atoms with E-state index >= 15 is 0 Å². The Morgan fingerprint density at radius 2 is 1.92 bits per heavy atom. The largest absolute Gasteiger partial charge is 0.392 e. The van der Waals surface area contributed by atoms with E-state index in [-0.39, 0.29) is 17.5 Å². The molecule has 0 bridgehead atoms. The van der Waals surface area contributed by atoms with E-state index in [1.54, 1.807) is 12.1 Å². The van der Waals surface area contributed by atoms with Crippen LogP contribution < -0.4 is 21.7 Å². The number of hydrogen-bond acceptors (Lipinski definition) is 7. The van der Waals surface area contributed by atoms with Gasteiger partial charge in [-0.1, -0.05) is 37.6 Å². The molecule has 39 heavy (non-hydrogen) atoms. The zero-order chi connectivity index (χ0) is 28.4. The second kappa shape index (κ2) is 14.3. The lowest BCUT2D eigenvalue weighted by Gasteiger charge is -2.27. The Balaban J connectivity index is 1.58. The lowest BCUT2D eigenvalue weighted by atomic mass is 9.94. The summed E-state index contributed by atoms with van der Waals surface area (Å²) in [6, 6.07) is 7.23. The molecule has 3 amide bonds. The van der Waals surface area contributed by atoms with Gasteiger partial charge in [-0.25, -0.2) is 0 Å². The van der Waals surface area contributed by atoms with Crippen LogP contribution in [0.1, 0.15) is 63.2 Å². The highest BCUT2D eigenvalue weighted by Gasteiger charge is 2.39. The minimum atomic E-state index is -0.779. The molecule has 2 aliphatic heterocycles. The number of carbonyl (C=O) groups is 3. The van der Waals surface area contributed by atoms with Crippen molar-refractivity contribution < 1.29 is 14.4 Å². The van der Waals surface area contributed by atoms with Crippen molar-refractivity contribution in [3.63, 3.8) is 0 Å². The standard InChI is InChI=1S/C29H42N6O3S/c1-5-29(6-2,7-3)33-26(37)24(30)28-35(8-4)27(38)23(39-28)20-32-22-14-11-13-21(19-22)25(36)31-15-12-18-34-16-9-10-17-34/h1,11,13-14,19,23,32H,6-10,12,15-18,20,30H2,2-4H3,(H,31,36)(H,33,37)/b28-24+/t23-/m1/s1. The highest BCUT2D eigenvalue weighted by Crippen LogP contribution is 2.36. The van der Waals surface area contributed by atoms with Crippen LogP contribution >= 0.6 is 11.8 Å². The second-order valence-corrected chi connectivity index (χ2v) is 11.1. The Bertz CT molecular complexity index is 1100. The van der Waals surface area contributed by atoms with Crippen LogP contribution in [0.25, 0.3) is 0 Å². The lowest BCUT2D eigenvalue weighted by molar-refractivity contribution is -0.127. The zero-order valence-electron chi connectivity index (χ0n) is 23.3. The van der Waals surface area contributed by atoms with Crippen LogP contribution in [0.15, 0.2) is 35.0 Å². The Labute approximate surface area is 236 Å². The highest BCUT2D eigenvalue weighted by atomic mass is 32.2. The number of benzene rings is 1. The van der Waals surface area contributed by atoms with E-state index in [2.05, 4.69) is 26.8 Å². The van der Waals surface area contributed by atoms with Gasteiger partial charge in [0.15, 0.2) is 0 Å². The molecular formula is C29H42N6O3S. The van der Waals surface area contributed by atoms with Crippen molar-refractivity contribution in [1.29, 1.82) is 0 Å². The predicted octanol–water partition coefficient (Wildman–Crippen LogP) is 2.71. The van der Waals surface area contributed by atoms with Crippen molar-refractivity contribution in [2.45, 2.75) is 63.7 Å². The average molecular weight is 555 g/mol. The van der Waals surface area contributed by atoms with Gasteiger partial charge in [0.05, 0.1) is 0 Å². The van der Waals surface area contributed by atoms with Gasteiger partial charge in [-0.05, 0) is 76.9 Å². The lowest BCUT2D eigenvalue weighted by Crippen LogP contribution is -2.48. The number of thioether (sulfide) groups is 1. The molecule has 2 aliphatic rings. The van der Waals surface area contributed by atoms with Gasteiger partial charge in [0, 0.05) is 30.9 Å². The molecule has 3 rings (SSSR count). The van der Waals surface area contributed by atoms with Crippen molar-refractivity contribution in [2.24, 2.45) is 5.73 Å². The van der Waals surface area contributed by atoms with Gasteiger partial charge in [-0.15, -0.1) is 6.42 Å². The molecule has 0 unspecified atom stereocenters. The minimum Gasteiger partial charge on any atom is -0.392 e. The van der Waals surface area contributed by atoms with Crippen LogP contribution in [0.4, 0.5) is 5.69 Å². The van der Waals surface area contributed by atoms with Crippen molar-refractivity contribution in [3.8, 4) is 12.3 Å². The quantitative estimate of drug-likeness (QED) is 0.168. The monoisotopic (exact) mass is 554 g/mol. The summed E-state index contributed by atoms with van der Waals surface area (Å²) in [4.78, 5) is 42.7. The molecule has 9 nitrogen and oxygen atoms in total. The molecule has 1 aromatic rings. The summed E-state index contributed by atoms with van der Waals surface area (Å²) in [5.41, 5.74) is 6.76. The van der Waals surface area contributed by atoms with Crippen LogP contribution in [0.5, 0.6) is 0 Å². The third kappa shape index (κ3) is 7.70. The molecular weight excluding hydrogens is 512 g/mol. The summed E-state index contributed by atoms with van der Waals surface area (Å²) in [6.07, 6.45) is 10.3. The maximum atomic E-state index is 13.1. The number of terminal acetylenes is 1. The van der Waals surface area contributed by atoms with Crippen LogP contribution in [0, 0.1) is 12.3 Å². The topological polar surface area (TPSA) is 120 Å². The van der Waals surface area contributed by atoms with E-state index in [1.807, 2.05) is 32.9 Å². The third-order valence-corrected chi connectivity index (χ3v) is 8.74. The molecule has 1 atom stereocenters. The van der Waals surface area contributed by atoms with E-state index in [0.717, 1.165) is 31.7 Å². The number of hydrogen-bond donors (Lipinski definition) is 4. The zero-order valence-corrected chi connectivity index (χ0v) is 24.2. The average Bonchev–Trinajstić information content (AvgIpc) is 3.59. The van der Waals surface area contributed by atoms with E-state index in [0.29, 0.717) is 43.1 Å². The van der Waals surface area contributed by atoms with Gasteiger partial charge in [-0.2, -0.15) is 0 Å². The normalized spacial score (nSPS) is 19.1. The minimum absolute atomic E-state index is 0.0115. The highest BCUT2D eigenvalue weighted by molar-refractivity contribution is 8.04. The van der Waals surface area contributed by atoms with E-state index in [4.69, 9.17) is 12.2 Å². The van der Waals surface area contributed by atoms with Gasteiger partial charge in [0.1, 0.15) is 21.5 Å². The number of amides is 3. The fourth-order valence-corrected chi connectivity index (χ4v) is 6.03. The van der Waals surface area contributed by atoms with Crippen LogP contribution in [-0.4, -0.2) is 77.6 Å². The molecule has 212 valence electrons. The molecule has 0 aromatic heterocycles. The summed E-state index contributed by atoms with van der Waals surface area (Å²) < 4.78 is 0. The second-order valence-electron chi connectivity index (χ2n) is 9.92. The first-order valence-electron chi connectivity index (χ1n) is 13.9. The van der Waals surface area contributed by atoms with Gasteiger partial charge < -0.3 is 31.5 Å². The molecule has 2 heterocycles. The van der Waals surface area contributed by atoms with E-state index in [9.17, 15) is 14.4 Å². The fourth-order valence-electron chi connectivity index (χ4n) is 4.80. The molecule has 10 heteroatoms. The molecule has 0 radical (unpaired) electrons. The molecule has 0 saturated carbocycles. The van der Waals surface area contributed by atoms with Crippen molar-refractivity contribution in [3.05, 3.63) is 40.6 Å². The summed E-state index contributed by atoms with van der Waals surface area (Å²) in [5.74, 6) is 1.96. The Kier molecular flexibility index (Phi) is 11.1. The van der Waals surface area contributed by atoms with Crippen LogP contribution in [-0.2, 0) is 9.59 Å². The Morgan fingerprint density at radius 1 is 1.21 bits per heavy atom. The summed E-state index contributed by atoms with van der Waals surface area (Å²) in [7, 11) is 0. The maximum absolute atomic E-state index is 13.1. The summed E-state index contributed by atoms with van der Waals surface area (Å²) in [6.45, 7) is 10.3. The SMILES string of the molecule is C#CC(CC)(CC)NC(=O)/C(N)=C1\S[C@H](CNc2cccc(C(=O)NCCCN3CCCC3)c2)C(=O)N1CC. The molecule has 0 spiro atoms. The molecule has 1 aromatic carbocycles. The first kappa shape index (κ1) is 30.4. The Hall–Kier alpha value is -3.16. The number of nitrogens with one attached hydrogen (secondary N) is 3.